The van der Waals surface area contributed by atoms with Crippen molar-refractivity contribution in [1.29, 1.82) is 0 Å². The number of rotatable bonds is 8. The lowest BCUT2D eigenvalue weighted by molar-refractivity contribution is -0.115. The Morgan fingerprint density at radius 2 is 1.91 bits per heavy atom. The average Bonchev–Trinajstić information content (AvgIpc) is 3.65. The number of nitrogens with zero attached hydrogens (tertiary/aromatic N) is 3. The van der Waals surface area contributed by atoms with Crippen LogP contribution < -0.4 is 10.6 Å². The molecule has 0 saturated heterocycles. The molecule has 0 atom stereocenters. The Labute approximate surface area is 205 Å². The lowest BCUT2D eigenvalue weighted by atomic mass is 10.0. The number of aromatic nitrogens is 2. The molecule has 8 nitrogen and oxygen atoms in total. The second-order valence-corrected chi connectivity index (χ2v) is 11.2. The standard InChI is InChI=1S/C26H29N5O3S/c1-3-12-31(16-18-5-6-18)35(33,34)21-9-7-20(8-10-21)28-26-27-15-19-14-24(32)29-23-13-17(2)4-11-22(23)25(19)30-26/h4,7-11,13,15,18H,3,5-6,12,14,16H2,1-2H3,(H,29,32)(H,27,28,30). The Balaban J connectivity index is 1.39. The maximum Gasteiger partial charge on any atom is 0.243 e. The molecule has 0 radical (unpaired) electrons. The fourth-order valence-electron chi connectivity index (χ4n) is 4.30. The number of amides is 1. The molecule has 2 aromatic carbocycles. The Kier molecular flexibility index (Phi) is 6.29. The van der Waals surface area contributed by atoms with Crippen LogP contribution in [0.25, 0.3) is 11.3 Å². The van der Waals surface area contributed by atoms with Gasteiger partial charge in [-0.2, -0.15) is 4.31 Å². The van der Waals surface area contributed by atoms with Crippen molar-refractivity contribution in [2.24, 2.45) is 5.92 Å². The highest BCUT2D eigenvalue weighted by atomic mass is 32.2. The van der Waals surface area contributed by atoms with Crippen LogP contribution in [0.5, 0.6) is 0 Å². The first-order valence-electron chi connectivity index (χ1n) is 12.0. The summed E-state index contributed by atoms with van der Waals surface area (Å²) in [4.78, 5) is 21.7. The summed E-state index contributed by atoms with van der Waals surface area (Å²) in [5.74, 6) is 0.763. The van der Waals surface area contributed by atoms with Crippen LogP contribution in [0.3, 0.4) is 0 Å². The van der Waals surface area contributed by atoms with E-state index < -0.39 is 10.0 Å². The van der Waals surface area contributed by atoms with Gasteiger partial charge in [-0.15, -0.1) is 0 Å². The van der Waals surface area contributed by atoms with Gasteiger partial charge in [0.2, 0.25) is 21.9 Å². The van der Waals surface area contributed by atoms with Gasteiger partial charge in [-0.1, -0.05) is 19.1 Å². The summed E-state index contributed by atoms with van der Waals surface area (Å²) in [6.45, 7) is 5.09. The van der Waals surface area contributed by atoms with Gasteiger partial charge in [-0.3, -0.25) is 4.79 Å². The molecule has 3 aromatic rings. The third-order valence-corrected chi connectivity index (χ3v) is 8.18. The smallest absolute Gasteiger partial charge is 0.243 e. The molecule has 1 aromatic heterocycles. The summed E-state index contributed by atoms with van der Waals surface area (Å²) in [6.07, 6.45) is 4.86. The van der Waals surface area contributed by atoms with Crippen molar-refractivity contribution in [2.75, 3.05) is 23.7 Å². The van der Waals surface area contributed by atoms with Crippen molar-refractivity contribution in [1.82, 2.24) is 14.3 Å². The third kappa shape index (κ3) is 5.06. The maximum absolute atomic E-state index is 13.2. The molecule has 2 aliphatic rings. The summed E-state index contributed by atoms with van der Waals surface area (Å²) >= 11 is 0. The van der Waals surface area contributed by atoms with Gasteiger partial charge in [0.05, 0.1) is 22.7 Å². The van der Waals surface area contributed by atoms with Crippen molar-refractivity contribution in [3.05, 3.63) is 59.8 Å². The minimum atomic E-state index is -3.53. The third-order valence-electron chi connectivity index (χ3n) is 6.30. The first-order valence-corrected chi connectivity index (χ1v) is 13.4. The largest absolute Gasteiger partial charge is 0.325 e. The number of hydrogen-bond acceptors (Lipinski definition) is 6. The summed E-state index contributed by atoms with van der Waals surface area (Å²) in [6, 6.07) is 12.6. The quantitative estimate of drug-likeness (QED) is 0.481. The number of carbonyl (C=O) groups excluding carboxylic acids is 1. The molecule has 1 saturated carbocycles. The van der Waals surface area contributed by atoms with E-state index >= 15 is 0 Å². The zero-order chi connectivity index (χ0) is 24.6. The van der Waals surface area contributed by atoms with Gasteiger partial charge in [0.15, 0.2) is 0 Å². The van der Waals surface area contributed by atoms with Gasteiger partial charge in [0.1, 0.15) is 0 Å². The number of benzene rings is 2. The Morgan fingerprint density at radius 1 is 1.14 bits per heavy atom. The predicted molar refractivity (Wildman–Crippen MR) is 136 cm³/mol. The zero-order valence-electron chi connectivity index (χ0n) is 19.9. The van der Waals surface area contributed by atoms with E-state index in [2.05, 4.69) is 15.6 Å². The Morgan fingerprint density at radius 3 is 2.63 bits per heavy atom. The van der Waals surface area contributed by atoms with E-state index in [0.717, 1.165) is 41.6 Å². The minimum Gasteiger partial charge on any atom is -0.325 e. The first-order chi connectivity index (χ1) is 16.8. The molecule has 1 aliphatic heterocycles. The first kappa shape index (κ1) is 23.4. The van der Waals surface area contributed by atoms with Crippen LogP contribution in [0.15, 0.2) is 53.6 Å². The number of hydrogen-bond donors (Lipinski definition) is 2. The van der Waals surface area contributed by atoms with Gasteiger partial charge in [-0.05, 0) is 68.0 Å². The molecular formula is C26H29N5O3S. The highest BCUT2D eigenvalue weighted by molar-refractivity contribution is 7.89. The summed E-state index contributed by atoms with van der Waals surface area (Å²) in [5, 5.41) is 6.11. The van der Waals surface area contributed by atoms with Gasteiger partial charge >= 0.3 is 0 Å². The van der Waals surface area contributed by atoms with Gasteiger partial charge in [0.25, 0.3) is 0 Å². The second kappa shape index (κ2) is 9.39. The lowest BCUT2D eigenvalue weighted by Gasteiger charge is -2.21. The fraction of sp³-hybridized carbons (Fsp3) is 0.346. The van der Waals surface area contributed by atoms with E-state index in [-0.39, 0.29) is 17.2 Å². The molecule has 2 N–H and O–H groups in total. The molecule has 1 amide bonds. The van der Waals surface area contributed by atoms with Crippen molar-refractivity contribution < 1.29 is 13.2 Å². The maximum atomic E-state index is 13.2. The monoisotopic (exact) mass is 491 g/mol. The van der Waals surface area contributed by atoms with Crippen LogP contribution in [0.4, 0.5) is 17.3 Å². The topological polar surface area (TPSA) is 104 Å². The van der Waals surface area contributed by atoms with Crippen LogP contribution in [0.1, 0.15) is 37.3 Å². The SMILES string of the molecule is CCCN(CC1CC1)S(=O)(=O)c1ccc(Nc2ncc3c(n2)-c2ccc(C)cc2NC(=O)C3)cc1. The number of anilines is 3. The van der Waals surface area contributed by atoms with Crippen LogP contribution in [0.2, 0.25) is 0 Å². The Hall–Kier alpha value is -3.30. The van der Waals surface area contributed by atoms with Crippen LogP contribution >= 0.6 is 0 Å². The van der Waals surface area contributed by atoms with Crippen LogP contribution in [-0.4, -0.2) is 41.7 Å². The van der Waals surface area contributed by atoms with Crippen LogP contribution in [-0.2, 0) is 21.2 Å². The minimum absolute atomic E-state index is 0.101. The Bertz CT molecular complexity index is 1370. The number of carbonyl (C=O) groups is 1. The molecule has 0 bridgehead atoms. The van der Waals surface area contributed by atoms with E-state index in [0.29, 0.717) is 36.3 Å². The predicted octanol–water partition coefficient (Wildman–Crippen LogP) is 4.50. The fourth-order valence-corrected chi connectivity index (χ4v) is 5.91. The molecule has 182 valence electrons. The second-order valence-electron chi connectivity index (χ2n) is 9.30. The molecular weight excluding hydrogens is 462 g/mol. The highest BCUT2D eigenvalue weighted by Crippen LogP contribution is 2.34. The normalized spacial score (nSPS) is 15.2. The summed E-state index contributed by atoms with van der Waals surface area (Å²) < 4.78 is 27.9. The summed E-state index contributed by atoms with van der Waals surface area (Å²) in [7, 11) is -3.53. The molecule has 1 fully saturated rings. The van der Waals surface area contributed by atoms with Crippen molar-refractivity contribution >= 4 is 33.3 Å². The number of fused-ring (bicyclic) bond motifs is 3. The van der Waals surface area contributed by atoms with Crippen molar-refractivity contribution in [3.8, 4) is 11.3 Å². The van der Waals surface area contributed by atoms with Crippen LogP contribution in [0, 0.1) is 12.8 Å². The average molecular weight is 492 g/mol. The van der Waals surface area contributed by atoms with Crippen molar-refractivity contribution in [2.45, 2.75) is 44.4 Å². The van der Waals surface area contributed by atoms with Gasteiger partial charge in [0, 0.05) is 36.1 Å². The zero-order valence-corrected chi connectivity index (χ0v) is 20.7. The lowest BCUT2D eigenvalue weighted by Crippen LogP contribution is -2.33. The van der Waals surface area contributed by atoms with E-state index in [1.54, 1.807) is 34.8 Å². The highest BCUT2D eigenvalue weighted by Gasteiger charge is 2.31. The molecule has 0 unspecified atom stereocenters. The van der Waals surface area contributed by atoms with E-state index in [1.807, 2.05) is 32.0 Å². The molecule has 9 heteroatoms. The number of nitrogens with one attached hydrogen (secondary N) is 2. The van der Waals surface area contributed by atoms with E-state index in [4.69, 9.17) is 4.98 Å². The van der Waals surface area contributed by atoms with E-state index in [1.165, 1.54) is 0 Å². The van der Waals surface area contributed by atoms with Crippen molar-refractivity contribution in [3.63, 3.8) is 0 Å². The molecule has 35 heavy (non-hydrogen) atoms. The van der Waals surface area contributed by atoms with Gasteiger partial charge < -0.3 is 10.6 Å². The number of aryl methyl sites for hydroxylation is 1. The van der Waals surface area contributed by atoms with E-state index in [9.17, 15) is 13.2 Å². The summed E-state index contributed by atoms with van der Waals surface area (Å²) in [5.41, 5.74) is 4.75. The van der Waals surface area contributed by atoms with Gasteiger partial charge in [-0.25, -0.2) is 18.4 Å². The molecule has 2 heterocycles. The molecule has 5 rings (SSSR count). The molecule has 0 spiro atoms. The molecule has 1 aliphatic carbocycles. The number of sulfonamides is 1.